The van der Waals surface area contributed by atoms with Crippen molar-refractivity contribution in [1.29, 1.82) is 0 Å². The molecule has 8 nitrogen and oxygen atoms in total. The molecule has 1 amide bonds. The van der Waals surface area contributed by atoms with Gasteiger partial charge in [0.1, 0.15) is 18.1 Å². The smallest absolute Gasteiger partial charge is 0.312 e. The van der Waals surface area contributed by atoms with Crippen molar-refractivity contribution >= 4 is 43.2 Å². The van der Waals surface area contributed by atoms with E-state index in [0.29, 0.717) is 42.7 Å². The number of methoxy groups -OCH3 is 2. The second-order valence-electron chi connectivity index (χ2n) is 13.1. The number of ether oxygens (including phenoxy) is 4. The summed E-state index contributed by atoms with van der Waals surface area (Å²) in [6, 6.07) is 17.4. The third kappa shape index (κ3) is 6.00. The zero-order chi connectivity index (χ0) is 32.6. The van der Waals surface area contributed by atoms with Crippen LogP contribution in [0, 0.1) is 23.2 Å². The lowest BCUT2D eigenvalue weighted by molar-refractivity contribution is -0.159. The SMILES string of the molecule is COC(=O)[C@@H]1[C@H](N(C)C(=O)c2cc(OC3CCC(C)(C(=O)OCc4cccc5ccccc45)CC3)c(P)cc2OC)[C@H]2C=C[C@@H]1C2. The molecule has 0 radical (unpaired) electrons. The molecule has 1 unspecified atom stereocenters. The second kappa shape index (κ2) is 13.1. The molecule has 3 aromatic rings. The van der Waals surface area contributed by atoms with Gasteiger partial charge >= 0.3 is 11.9 Å². The molecule has 3 aromatic carbocycles. The number of rotatable bonds is 9. The topological polar surface area (TPSA) is 91.4 Å². The van der Waals surface area contributed by atoms with E-state index in [0.717, 1.165) is 28.1 Å². The number of hydrogen-bond acceptors (Lipinski definition) is 7. The third-order valence-electron chi connectivity index (χ3n) is 10.3. The Morgan fingerprint density at radius 3 is 2.41 bits per heavy atom. The lowest BCUT2D eigenvalue weighted by Crippen LogP contribution is -2.47. The van der Waals surface area contributed by atoms with Gasteiger partial charge in [-0.1, -0.05) is 54.6 Å². The Hall–Kier alpha value is -3.90. The highest BCUT2D eigenvalue weighted by Crippen LogP contribution is 2.47. The van der Waals surface area contributed by atoms with Crippen molar-refractivity contribution in [3.63, 3.8) is 0 Å². The van der Waals surface area contributed by atoms with Crippen molar-refractivity contribution < 1.29 is 33.3 Å². The molecule has 46 heavy (non-hydrogen) atoms. The molecule has 2 fully saturated rings. The highest BCUT2D eigenvalue weighted by Gasteiger charge is 2.51. The minimum Gasteiger partial charge on any atom is -0.496 e. The molecule has 3 aliphatic carbocycles. The minimum atomic E-state index is -0.594. The van der Waals surface area contributed by atoms with E-state index in [1.165, 1.54) is 14.2 Å². The molecular formula is C37H42NO7P. The molecule has 242 valence electrons. The highest BCUT2D eigenvalue weighted by atomic mass is 31.0. The maximum Gasteiger partial charge on any atom is 0.312 e. The predicted molar refractivity (Wildman–Crippen MR) is 179 cm³/mol. The Labute approximate surface area is 272 Å². The van der Waals surface area contributed by atoms with Crippen LogP contribution in [0.1, 0.15) is 54.9 Å². The zero-order valence-electron chi connectivity index (χ0n) is 26.9. The number of allylic oxidation sites excluding steroid dienone is 1. The Morgan fingerprint density at radius 1 is 0.957 bits per heavy atom. The number of carbonyl (C=O) groups is 3. The van der Waals surface area contributed by atoms with Gasteiger partial charge in [0.15, 0.2) is 0 Å². The number of carbonyl (C=O) groups excluding carboxylic acids is 3. The first kappa shape index (κ1) is 32.1. The van der Waals surface area contributed by atoms with Crippen molar-refractivity contribution in [2.75, 3.05) is 21.3 Å². The summed E-state index contributed by atoms with van der Waals surface area (Å²) in [5, 5.41) is 2.98. The summed E-state index contributed by atoms with van der Waals surface area (Å²) < 4.78 is 23.1. The van der Waals surface area contributed by atoms with E-state index in [1.807, 2.05) is 37.3 Å². The molecule has 2 saturated carbocycles. The van der Waals surface area contributed by atoms with Gasteiger partial charge in [-0.25, -0.2) is 0 Å². The first-order chi connectivity index (χ1) is 22.1. The fraction of sp³-hybridized carbons (Fsp3) is 0.432. The summed E-state index contributed by atoms with van der Waals surface area (Å²) >= 11 is 0. The van der Waals surface area contributed by atoms with Gasteiger partial charge in [0.25, 0.3) is 5.91 Å². The molecule has 0 N–H and O–H groups in total. The van der Waals surface area contributed by atoms with Gasteiger partial charge in [-0.2, -0.15) is 0 Å². The van der Waals surface area contributed by atoms with E-state index in [4.69, 9.17) is 18.9 Å². The van der Waals surface area contributed by atoms with Crippen LogP contribution < -0.4 is 14.8 Å². The van der Waals surface area contributed by atoms with Crippen LogP contribution in [0.2, 0.25) is 0 Å². The van der Waals surface area contributed by atoms with Crippen molar-refractivity contribution in [1.82, 2.24) is 4.90 Å². The largest absolute Gasteiger partial charge is 0.496 e. The number of hydrogen-bond donors (Lipinski definition) is 0. The van der Waals surface area contributed by atoms with E-state index in [9.17, 15) is 14.4 Å². The van der Waals surface area contributed by atoms with Crippen molar-refractivity contribution in [3.05, 3.63) is 77.9 Å². The summed E-state index contributed by atoms with van der Waals surface area (Å²) in [5.41, 5.74) is 0.774. The zero-order valence-corrected chi connectivity index (χ0v) is 28.0. The van der Waals surface area contributed by atoms with Gasteiger partial charge in [0.2, 0.25) is 0 Å². The third-order valence-corrected chi connectivity index (χ3v) is 10.7. The van der Waals surface area contributed by atoms with Crippen LogP contribution in [0.3, 0.4) is 0 Å². The fourth-order valence-corrected chi connectivity index (χ4v) is 7.88. The van der Waals surface area contributed by atoms with Crippen molar-refractivity contribution in [3.8, 4) is 11.5 Å². The van der Waals surface area contributed by atoms with Gasteiger partial charge in [0.05, 0.1) is 43.3 Å². The first-order valence-electron chi connectivity index (χ1n) is 15.9. The fourth-order valence-electron chi connectivity index (χ4n) is 7.58. The average Bonchev–Trinajstić information content (AvgIpc) is 3.70. The van der Waals surface area contributed by atoms with E-state index >= 15 is 0 Å². The summed E-state index contributed by atoms with van der Waals surface area (Å²) in [6.07, 6.45) is 7.50. The van der Waals surface area contributed by atoms with Crippen LogP contribution in [0.25, 0.3) is 10.8 Å². The Balaban J connectivity index is 1.11. The van der Waals surface area contributed by atoms with Gasteiger partial charge in [-0.3, -0.25) is 14.4 Å². The molecule has 0 saturated heterocycles. The summed E-state index contributed by atoms with van der Waals surface area (Å²) in [5.74, 6) is 0.0658. The molecule has 0 aliphatic heterocycles. The molecular weight excluding hydrogens is 601 g/mol. The number of benzene rings is 3. The minimum absolute atomic E-state index is 0.0698. The number of nitrogens with zero attached hydrogens (tertiary/aromatic N) is 1. The maximum absolute atomic E-state index is 14.0. The number of fused-ring (bicyclic) bond motifs is 3. The second-order valence-corrected chi connectivity index (χ2v) is 13.7. The molecule has 2 bridgehead atoms. The lowest BCUT2D eigenvalue weighted by atomic mass is 9.74. The van der Waals surface area contributed by atoms with E-state index in [2.05, 4.69) is 33.5 Å². The van der Waals surface area contributed by atoms with Gasteiger partial charge < -0.3 is 23.8 Å². The quantitative estimate of drug-likeness (QED) is 0.164. The van der Waals surface area contributed by atoms with Crippen LogP contribution >= 0.6 is 9.24 Å². The highest BCUT2D eigenvalue weighted by molar-refractivity contribution is 7.27. The average molecular weight is 644 g/mol. The summed E-state index contributed by atoms with van der Waals surface area (Å²) in [7, 11) is 7.35. The molecule has 3 aliphatic rings. The molecule has 9 heteroatoms. The number of esters is 2. The summed E-state index contributed by atoms with van der Waals surface area (Å²) in [4.78, 5) is 41.6. The molecule has 0 aromatic heterocycles. The van der Waals surface area contributed by atoms with Crippen molar-refractivity contribution in [2.24, 2.45) is 23.2 Å². The van der Waals surface area contributed by atoms with Crippen LogP contribution in [-0.2, 0) is 25.7 Å². The standard InChI is InChI=1S/C37H42NO7P/c1-37(36(41)44-21-25-10-7-9-22-8-5-6-11-27(22)25)16-14-26(15-17-37)45-30-19-28(29(42-3)20-31(30)46)34(39)38(2)33-24-13-12-23(18-24)32(33)35(40)43-4/h5-13,19-20,23-24,26,32-33H,14-18,21,46H2,1-4H3/t23-,24+,26?,32+,33-,37?/m1/s1. The molecule has 5 atom stereocenters. The van der Waals surface area contributed by atoms with E-state index in [-0.39, 0.29) is 48.4 Å². The summed E-state index contributed by atoms with van der Waals surface area (Å²) in [6.45, 7) is 2.21. The normalized spacial score (nSPS) is 26.5. The Morgan fingerprint density at radius 2 is 1.67 bits per heavy atom. The van der Waals surface area contributed by atoms with E-state index < -0.39 is 11.3 Å². The van der Waals surface area contributed by atoms with Gasteiger partial charge in [-0.15, -0.1) is 9.24 Å². The molecule has 0 heterocycles. The van der Waals surface area contributed by atoms with Crippen LogP contribution in [-0.4, -0.2) is 56.2 Å². The lowest BCUT2D eigenvalue weighted by Gasteiger charge is -2.36. The van der Waals surface area contributed by atoms with Gasteiger partial charge in [-0.05, 0) is 79.3 Å². The molecule has 0 spiro atoms. The monoisotopic (exact) mass is 643 g/mol. The van der Waals surface area contributed by atoms with Crippen LogP contribution in [0.15, 0.2) is 66.7 Å². The predicted octanol–water partition coefficient (Wildman–Crippen LogP) is 5.86. The van der Waals surface area contributed by atoms with Gasteiger partial charge in [0, 0.05) is 12.4 Å². The van der Waals surface area contributed by atoms with Crippen LogP contribution in [0.4, 0.5) is 0 Å². The molecule has 6 rings (SSSR count). The van der Waals surface area contributed by atoms with Crippen molar-refractivity contribution in [2.45, 2.75) is 57.8 Å². The first-order valence-corrected chi connectivity index (χ1v) is 16.5. The maximum atomic E-state index is 14.0. The van der Waals surface area contributed by atoms with E-state index in [1.54, 1.807) is 24.1 Å². The Bertz CT molecular complexity index is 1670. The Kier molecular flexibility index (Phi) is 9.11. The van der Waals surface area contributed by atoms with Crippen LogP contribution in [0.5, 0.6) is 11.5 Å². The number of amides is 1.